The SMILES string of the molecule is CCCCCCCCCCc1ccccc1.CCCCCCCCCCc1ccccc1.CCCCCCCCCCc1ccccc1.CCl. The average Bonchev–Trinajstić information content (AvgIpc) is 3.17. The number of alkyl halides is 1. The lowest BCUT2D eigenvalue weighted by atomic mass is 10.0. The van der Waals surface area contributed by atoms with Crippen molar-refractivity contribution < 1.29 is 0 Å². The fourth-order valence-electron chi connectivity index (χ4n) is 6.32. The lowest BCUT2D eigenvalue weighted by molar-refractivity contribution is 0.575. The fourth-order valence-corrected chi connectivity index (χ4v) is 6.32. The highest BCUT2D eigenvalue weighted by Crippen LogP contribution is 2.13. The molecule has 0 saturated carbocycles. The summed E-state index contributed by atoms with van der Waals surface area (Å²) in [5.41, 5.74) is 4.48. The summed E-state index contributed by atoms with van der Waals surface area (Å²) in [6.45, 7) is 6.83. The summed E-state index contributed by atoms with van der Waals surface area (Å²) in [5.74, 6) is 0. The second-order valence-corrected chi connectivity index (χ2v) is 14.1. The summed E-state index contributed by atoms with van der Waals surface area (Å²) >= 11 is 4.64. The maximum Gasteiger partial charge on any atom is 0.0108 e. The van der Waals surface area contributed by atoms with E-state index in [0.717, 1.165) is 0 Å². The number of hydrogen-bond acceptors (Lipinski definition) is 0. The van der Waals surface area contributed by atoms with Crippen LogP contribution in [0.5, 0.6) is 0 Å². The van der Waals surface area contributed by atoms with Crippen molar-refractivity contribution in [1.29, 1.82) is 0 Å². The van der Waals surface area contributed by atoms with Crippen molar-refractivity contribution >= 4 is 11.6 Å². The molecule has 0 radical (unpaired) electrons. The van der Waals surface area contributed by atoms with Crippen LogP contribution in [0.15, 0.2) is 91.0 Å². The molecule has 0 aromatic heterocycles. The van der Waals surface area contributed by atoms with Gasteiger partial charge in [-0.3, -0.25) is 0 Å². The Morgan fingerprint density at radius 2 is 0.440 bits per heavy atom. The molecule has 0 nitrogen and oxygen atoms in total. The van der Waals surface area contributed by atoms with Crippen LogP contribution in [-0.2, 0) is 19.3 Å². The first-order valence-corrected chi connectivity index (χ1v) is 22.0. The monoisotopic (exact) mass is 705 g/mol. The molecule has 0 saturated heterocycles. The van der Waals surface area contributed by atoms with Gasteiger partial charge in [0, 0.05) is 6.38 Å². The Hall–Kier alpha value is -2.05. The highest BCUT2D eigenvalue weighted by Gasteiger charge is 1.96. The predicted molar refractivity (Wildman–Crippen MR) is 230 cm³/mol. The molecule has 0 bridgehead atoms. The van der Waals surface area contributed by atoms with Gasteiger partial charge in [0.25, 0.3) is 0 Å². The standard InChI is InChI=1S/3C16H26.CH3Cl/c3*1-2-3-4-5-6-7-8-10-13-16-14-11-9-12-15-16;1-2/h3*9,11-12,14-15H,2-8,10,13H2,1H3;1H3. The topological polar surface area (TPSA) is 0 Å². The number of benzene rings is 3. The minimum atomic E-state index is 1.26. The van der Waals surface area contributed by atoms with Crippen LogP contribution in [0.3, 0.4) is 0 Å². The van der Waals surface area contributed by atoms with Gasteiger partial charge in [-0.15, -0.1) is 11.6 Å². The van der Waals surface area contributed by atoms with Crippen molar-refractivity contribution in [3.05, 3.63) is 108 Å². The third-order valence-electron chi connectivity index (χ3n) is 9.49. The molecule has 0 aliphatic carbocycles. The first-order chi connectivity index (χ1) is 24.8. The zero-order valence-corrected chi connectivity index (χ0v) is 34.4. The van der Waals surface area contributed by atoms with E-state index in [1.165, 1.54) is 196 Å². The highest BCUT2D eigenvalue weighted by molar-refractivity contribution is 6.15. The summed E-state index contributed by atoms with van der Waals surface area (Å²) < 4.78 is 0. The van der Waals surface area contributed by atoms with Crippen molar-refractivity contribution in [3.63, 3.8) is 0 Å². The van der Waals surface area contributed by atoms with Gasteiger partial charge in [-0.05, 0) is 55.2 Å². The van der Waals surface area contributed by atoms with Gasteiger partial charge in [-0.2, -0.15) is 0 Å². The van der Waals surface area contributed by atoms with Crippen LogP contribution in [0, 0.1) is 0 Å². The summed E-state index contributed by atoms with van der Waals surface area (Å²) in [6, 6.07) is 32.5. The Labute approximate surface area is 318 Å². The van der Waals surface area contributed by atoms with Gasteiger partial charge in [-0.25, -0.2) is 0 Å². The van der Waals surface area contributed by atoms with Crippen LogP contribution in [0.25, 0.3) is 0 Å². The maximum atomic E-state index is 4.64. The van der Waals surface area contributed by atoms with Crippen LogP contribution >= 0.6 is 11.6 Å². The smallest absolute Gasteiger partial charge is 0.0108 e. The normalized spacial score (nSPS) is 10.3. The average molecular weight is 706 g/mol. The molecule has 0 fully saturated rings. The van der Waals surface area contributed by atoms with Crippen molar-refractivity contribution in [2.75, 3.05) is 6.38 Å². The van der Waals surface area contributed by atoms with Gasteiger partial charge in [0.2, 0.25) is 0 Å². The minimum absolute atomic E-state index is 1.26. The summed E-state index contributed by atoms with van der Waals surface area (Å²) in [6.07, 6.45) is 39.1. The molecule has 284 valence electrons. The highest BCUT2D eigenvalue weighted by atomic mass is 35.5. The van der Waals surface area contributed by atoms with E-state index in [1.807, 2.05) is 0 Å². The lowest BCUT2D eigenvalue weighted by Crippen LogP contribution is -1.85. The zero-order chi connectivity index (χ0) is 36.4. The van der Waals surface area contributed by atoms with Crippen molar-refractivity contribution in [2.24, 2.45) is 0 Å². The van der Waals surface area contributed by atoms with Crippen molar-refractivity contribution in [3.8, 4) is 0 Å². The van der Waals surface area contributed by atoms with E-state index >= 15 is 0 Å². The van der Waals surface area contributed by atoms with E-state index in [2.05, 4.69) is 123 Å². The molecule has 0 amide bonds. The number of unbranched alkanes of at least 4 members (excludes halogenated alkanes) is 21. The Bertz CT molecular complexity index is 851. The van der Waals surface area contributed by atoms with Gasteiger partial charge in [0.15, 0.2) is 0 Å². The summed E-state index contributed by atoms with van der Waals surface area (Å²) in [4.78, 5) is 0. The first kappa shape index (κ1) is 48.0. The largest absolute Gasteiger partial charge is 0.130 e. The van der Waals surface area contributed by atoms with Gasteiger partial charge >= 0.3 is 0 Å². The molecular formula is C49H81Cl. The Kier molecular flexibility index (Phi) is 39.7. The molecule has 50 heavy (non-hydrogen) atoms. The fraction of sp³-hybridized carbons (Fsp3) is 0.633. The molecule has 3 rings (SSSR count). The van der Waals surface area contributed by atoms with Gasteiger partial charge in [0.05, 0.1) is 0 Å². The predicted octanol–water partition coefficient (Wildman–Crippen LogP) is 17.0. The molecule has 0 atom stereocenters. The van der Waals surface area contributed by atoms with E-state index in [1.54, 1.807) is 0 Å². The first-order valence-electron chi connectivity index (χ1n) is 21.3. The molecule has 1 heteroatoms. The van der Waals surface area contributed by atoms with Crippen LogP contribution in [0.4, 0.5) is 0 Å². The number of hydrogen-bond donors (Lipinski definition) is 0. The second kappa shape index (κ2) is 41.4. The second-order valence-electron chi connectivity index (χ2n) is 14.1. The van der Waals surface area contributed by atoms with Crippen LogP contribution in [0.1, 0.15) is 192 Å². The molecule has 0 spiro atoms. The van der Waals surface area contributed by atoms with E-state index in [0.29, 0.717) is 0 Å². The molecule has 0 aliphatic heterocycles. The number of rotatable bonds is 27. The van der Waals surface area contributed by atoms with E-state index in [4.69, 9.17) is 0 Å². The molecule has 0 unspecified atom stereocenters. The van der Waals surface area contributed by atoms with E-state index in [-0.39, 0.29) is 0 Å². The van der Waals surface area contributed by atoms with Crippen LogP contribution in [-0.4, -0.2) is 6.38 Å². The summed E-state index contributed by atoms with van der Waals surface area (Å²) in [7, 11) is 0. The van der Waals surface area contributed by atoms with Crippen LogP contribution in [0.2, 0.25) is 0 Å². The van der Waals surface area contributed by atoms with Crippen LogP contribution < -0.4 is 0 Å². The van der Waals surface area contributed by atoms with Gasteiger partial charge < -0.3 is 0 Å². The molecule has 0 N–H and O–H groups in total. The van der Waals surface area contributed by atoms with Crippen molar-refractivity contribution in [1.82, 2.24) is 0 Å². The Morgan fingerprint density at radius 3 is 0.640 bits per heavy atom. The number of aryl methyl sites for hydroxylation is 3. The van der Waals surface area contributed by atoms with Gasteiger partial charge in [0.1, 0.15) is 0 Å². The molecule has 0 heterocycles. The summed E-state index contributed by atoms with van der Waals surface area (Å²) in [5, 5.41) is 0. The van der Waals surface area contributed by atoms with E-state index < -0.39 is 0 Å². The number of halogens is 1. The Morgan fingerprint density at radius 1 is 0.260 bits per heavy atom. The zero-order valence-electron chi connectivity index (χ0n) is 33.6. The molecule has 3 aromatic carbocycles. The lowest BCUT2D eigenvalue weighted by Gasteiger charge is -2.02. The third-order valence-corrected chi connectivity index (χ3v) is 9.49. The quantitative estimate of drug-likeness (QED) is 0.0547. The molecular weight excluding hydrogens is 624 g/mol. The Balaban J connectivity index is 0.000000702. The van der Waals surface area contributed by atoms with E-state index in [9.17, 15) is 0 Å². The third kappa shape index (κ3) is 34.4. The molecule has 3 aromatic rings. The van der Waals surface area contributed by atoms with Crippen molar-refractivity contribution in [2.45, 2.75) is 194 Å². The maximum absolute atomic E-state index is 4.64. The van der Waals surface area contributed by atoms with Gasteiger partial charge in [-0.1, -0.05) is 247 Å². The molecule has 0 aliphatic rings. The minimum Gasteiger partial charge on any atom is -0.130 e.